The summed E-state index contributed by atoms with van der Waals surface area (Å²) in [6.45, 7) is 3.61. The number of carbonyl (C=O) groups is 1. The number of hydrogen-bond acceptors (Lipinski definition) is 4. The first-order valence-corrected chi connectivity index (χ1v) is 10.8. The molecular weight excluding hydrogens is 366 g/mol. The Kier molecular flexibility index (Phi) is 4.51. The maximum Gasteiger partial charge on any atom is 0.251 e. The standard InChI is InChI=1S/C23H29N3O3/c1-24-15-18(27)13-23(22(24)29)7-10-25(11-8-23)14-17-12-20(28)26-9-3-5-16-4-2-6-19(17)21(16)26/h2,4,6,12,18,27H,3,5,7-11,13-15H2,1H3. The van der Waals surface area contributed by atoms with Crippen LogP contribution in [0.2, 0.25) is 0 Å². The number of β-amino-alcohol motifs (C(OH)–C–C–N with tert-alkyl or cyclic N) is 1. The number of rotatable bonds is 2. The Hall–Kier alpha value is -2.18. The summed E-state index contributed by atoms with van der Waals surface area (Å²) < 4.78 is 1.93. The molecular formula is C23H29N3O3. The molecule has 2 saturated heterocycles. The summed E-state index contributed by atoms with van der Waals surface area (Å²) in [5.41, 5.74) is 3.16. The van der Waals surface area contributed by atoms with Gasteiger partial charge in [0.05, 0.1) is 17.0 Å². The predicted octanol–water partition coefficient (Wildman–Crippen LogP) is 1.75. The average molecular weight is 396 g/mol. The number of aliphatic hydroxyl groups is 1. The van der Waals surface area contributed by atoms with E-state index in [4.69, 9.17) is 0 Å². The Labute approximate surface area is 170 Å². The molecule has 6 nitrogen and oxygen atoms in total. The summed E-state index contributed by atoms with van der Waals surface area (Å²) in [5.74, 6) is 0.183. The van der Waals surface area contributed by atoms with Crippen LogP contribution >= 0.6 is 0 Å². The van der Waals surface area contributed by atoms with Crippen molar-refractivity contribution in [2.75, 3.05) is 26.7 Å². The van der Waals surface area contributed by atoms with Gasteiger partial charge in [0, 0.05) is 38.1 Å². The molecule has 2 fully saturated rings. The van der Waals surface area contributed by atoms with Crippen LogP contribution in [0.15, 0.2) is 29.1 Å². The normalized spacial score (nSPS) is 24.4. The Bertz CT molecular complexity index is 1020. The third-order valence-electron chi connectivity index (χ3n) is 7.25. The second-order valence-corrected chi connectivity index (χ2v) is 9.18. The Balaban J connectivity index is 1.39. The topological polar surface area (TPSA) is 65.8 Å². The van der Waals surface area contributed by atoms with Gasteiger partial charge in [-0.05, 0) is 56.3 Å². The number of aryl methyl sites for hydroxylation is 2. The van der Waals surface area contributed by atoms with Crippen molar-refractivity contribution in [1.29, 1.82) is 0 Å². The van der Waals surface area contributed by atoms with E-state index >= 15 is 0 Å². The lowest BCUT2D eigenvalue weighted by atomic mass is 9.71. The largest absolute Gasteiger partial charge is 0.391 e. The van der Waals surface area contributed by atoms with Gasteiger partial charge in [-0.3, -0.25) is 14.5 Å². The summed E-state index contributed by atoms with van der Waals surface area (Å²) >= 11 is 0. The molecule has 154 valence electrons. The van der Waals surface area contributed by atoms with Gasteiger partial charge in [0.1, 0.15) is 0 Å². The second kappa shape index (κ2) is 6.96. The van der Waals surface area contributed by atoms with Gasteiger partial charge < -0.3 is 14.6 Å². The molecule has 6 heteroatoms. The Morgan fingerprint density at radius 1 is 1.17 bits per heavy atom. The lowest BCUT2D eigenvalue weighted by Gasteiger charge is -2.47. The molecule has 0 aliphatic carbocycles. The van der Waals surface area contributed by atoms with Crippen LogP contribution in [0.25, 0.3) is 10.9 Å². The lowest BCUT2D eigenvalue weighted by molar-refractivity contribution is -0.154. The van der Waals surface area contributed by atoms with Crippen molar-refractivity contribution in [3.63, 3.8) is 0 Å². The van der Waals surface area contributed by atoms with Crippen molar-refractivity contribution >= 4 is 16.8 Å². The molecule has 1 amide bonds. The van der Waals surface area contributed by atoms with Gasteiger partial charge in [0.15, 0.2) is 0 Å². The first kappa shape index (κ1) is 18.8. The monoisotopic (exact) mass is 395 g/mol. The van der Waals surface area contributed by atoms with Crippen molar-refractivity contribution < 1.29 is 9.90 Å². The first-order chi connectivity index (χ1) is 14.0. The summed E-state index contributed by atoms with van der Waals surface area (Å²) in [6, 6.07) is 8.19. The number of aromatic nitrogens is 1. The van der Waals surface area contributed by atoms with E-state index in [1.54, 1.807) is 11.9 Å². The number of likely N-dealkylation sites (N-methyl/N-ethyl adjacent to an activating group) is 1. The summed E-state index contributed by atoms with van der Waals surface area (Å²) in [7, 11) is 1.79. The lowest BCUT2D eigenvalue weighted by Crippen LogP contribution is -2.56. The van der Waals surface area contributed by atoms with E-state index in [0.29, 0.717) is 13.0 Å². The number of hydrogen-bond donors (Lipinski definition) is 1. The van der Waals surface area contributed by atoms with Gasteiger partial charge in [-0.2, -0.15) is 0 Å². The average Bonchev–Trinajstić information content (AvgIpc) is 2.71. The molecule has 29 heavy (non-hydrogen) atoms. The smallest absolute Gasteiger partial charge is 0.251 e. The molecule has 3 aliphatic heterocycles. The van der Waals surface area contributed by atoms with E-state index in [9.17, 15) is 14.7 Å². The molecule has 5 rings (SSSR count). The minimum atomic E-state index is -0.426. The molecule has 2 aromatic rings. The zero-order valence-corrected chi connectivity index (χ0v) is 17.1. The zero-order valence-electron chi connectivity index (χ0n) is 17.1. The van der Waals surface area contributed by atoms with Gasteiger partial charge >= 0.3 is 0 Å². The highest BCUT2D eigenvalue weighted by Crippen LogP contribution is 2.41. The van der Waals surface area contributed by atoms with Crippen LogP contribution in [-0.4, -0.2) is 58.2 Å². The molecule has 1 N–H and O–H groups in total. The van der Waals surface area contributed by atoms with Crippen molar-refractivity contribution in [3.8, 4) is 0 Å². The molecule has 0 bridgehead atoms. The van der Waals surface area contributed by atoms with Crippen LogP contribution in [0.3, 0.4) is 0 Å². The minimum Gasteiger partial charge on any atom is -0.391 e. The van der Waals surface area contributed by atoms with E-state index in [1.165, 1.54) is 10.9 Å². The zero-order chi connectivity index (χ0) is 20.2. The third kappa shape index (κ3) is 3.09. The van der Waals surface area contributed by atoms with Crippen LogP contribution in [0.5, 0.6) is 0 Å². The number of benzene rings is 1. The fraction of sp³-hybridized carbons (Fsp3) is 0.565. The van der Waals surface area contributed by atoms with Crippen LogP contribution < -0.4 is 5.56 Å². The minimum absolute atomic E-state index is 0.0975. The van der Waals surface area contributed by atoms with Gasteiger partial charge in [-0.25, -0.2) is 0 Å². The van der Waals surface area contributed by atoms with Crippen LogP contribution in [0.1, 0.15) is 36.8 Å². The number of pyridine rings is 1. The fourth-order valence-electron chi connectivity index (χ4n) is 5.77. The van der Waals surface area contributed by atoms with Gasteiger partial charge in [-0.15, -0.1) is 0 Å². The fourth-order valence-corrected chi connectivity index (χ4v) is 5.77. The SMILES string of the molecule is CN1CC(O)CC2(CCN(Cc3cc(=O)n4c5c(cccc35)CCC4)CC2)C1=O. The number of amides is 1. The molecule has 1 aromatic heterocycles. The Morgan fingerprint density at radius 2 is 1.97 bits per heavy atom. The number of piperidine rings is 2. The number of aliphatic hydroxyl groups excluding tert-OH is 1. The molecule has 1 atom stereocenters. The van der Waals surface area contributed by atoms with E-state index in [-0.39, 0.29) is 11.5 Å². The first-order valence-electron chi connectivity index (χ1n) is 10.8. The van der Waals surface area contributed by atoms with Gasteiger partial charge in [0.25, 0.3) is 5.56 Å². The maximum atomic E-state index is 12.8. The number of nitrogens with zero attached hydrogens (tertiary/aromatic N) is 3. The quantitative estimate of drug-likeness (QED) is 0.842. The van der Waals surface area contributed by atoms with Gasteiger partial charge in [-0.1, -0.05) is 18.2 Å². The number of para-hydroxylation sites is 1. The number of likely N-dealkylation sites (tertiary alicyclic amines) is 2. The predicted molar refractivity (Wildman–Crippen MR) is 112 cm³/mol. The van der Waals surface area contributed by atoms with Crippen molar-refractivity contribution in [2.24, 2.45) is 5.41 Å². The number of carbonyl (C=O) groups excluding carboxylic acids is 1. The summed E-state index contributed by atoms with van der Waals surface area (Å²) in [6.07, 6.45) is 3.75. The molecule has 3 aliphatic rings. The highest BCUT2D eigenvalue weighted by Gasteiger charge is 2.47. The molecule has 0 saturated carbocycles. The third-order valence-corrected chi connectivity index (χ3v) is 7.25. The van der Waals surface area contributed by atoms with Crippen molar-refractivity contribution in [2.45, 2.75) is 51.3 Å². The molecule has 4 heterocycles. The summed E-state index contributed by atoms with van der Waals surface area (Å²) in [4.78, 5) is 29.6. The van der Waals surface area contributed by atoms with Crippen molar-refractivity contribution in [1.82, 2.24) is 14.4 Å². The maximum absolute atomic E-state index is 12.8. The molecule has 1 aromatic carbocycles. The molecule has 1 unspecified atom stereocenters. The highest BCUT2D eigenvalue weighted by atomic mass is 16.3. The molecule has 1 spiro atoms. The van der Waals surface area contributed by atoms with Crippen molar-refractivity contribution in [3.05, 3.63) is 45.7 Å². The summed E-state index contributed by atoms with van der Waals surface area (Å²) in [5, 5.41) is 11.4. The highest BCUT2D eigenvalue weighted by molar-refractivity contribution is 5.86. The Morgan fingerprint density at radius 3 is 2.76 bits per heavy atom. The van der Waals surface area contributed by atoms with E-state index in [2.05, 4.69) is 23.1 Å². The van der Waals surface area contributed by atoms with E-state index in [0.717, 1.165) is 62.9 Å². The van der Waals surface area contributed by atoms with Crippen LogP contribution in [0, 0.1) is 5.41 Å². The van der Waals surface area contributed by atoms with Crippen LogP contribution in [0.4, 0.5) is 0 Å². The molecule has 0 radical (unpaired) electrons. The second-order valence-electron chi connectivity index (χ2n) is 9.18. The van der Waals surface area contributed by atoms with Crippen LogP contribution in [-0.2, 0) is 24.3 Å². The van der Waals surface area contributed by atoms with Gasteiger partial charge in [0.2, 0.25) is 5.91 Å². The van der Waals surface area contributed by atoms with E-state index < -0.39 is 11.5 Å². The van der Waals surface area contributed by atoms with E-state index in [1.807, 2.05) is 10.6 Å².